The van der Waals surface area contributed by atoms with Crippen molar-refractivity contribution in [3.05, 3.63) is 71.2 Å². The van der Waals surface area contributed by atoms with Crippen molar-refractivity contribution in [1.29, 1.82) is 0 Å². The molecule has 1 heterocycles. The Labute approximate surface area is 157 Å². The minimum atomic E-state index is -0.266. The molecule has 0 spiro atoms. The maximum Gasteiger partial charge on any atom is 0.276 e. The Morgan fingerprint density at radius 2 is 1.85 bits per heavy atom. The van der Waals surface area contributed by atoms with Crippen LogP contribution in [-0.4, -0.2) is 22.5 Å². The molecule has 1 aliphatic heterocycles. The summed E-state index contributed by atoms with van der Waals surface area (Å²) >= 11 is 5.20. The quantitative estimate of drug-likeness (QED) is 0.619. The van der Waals surface area contributed by atoms with Crippen LogP contribution in [0.2, 0.25) is 0 Å². The highest BCUT2D eigenvalue weighted by Crippen LogP contribution is 2.18. The summed E-state index contributed by atoms with van der Waals surface area (Å²) in [7, 11) is 0. The Morgan fingerprint density at radius 1 is 1.15 bits per heavy atom. The first-order chi connectivity index (χ1) is 12.6. The van der Waals surface area contributed by atoms with Crippen molar-refractivity contribution in [3.63, 3.8) is 0 Å². The van der Waals surface area contributed by atoms with E-state index in [9.17, 15) is 9.18 Å². The van der Waals surface area contributed by atoms with Crippen molar-refractivity contribution in [1.82, 2.24) is 10.2 Å². The molecule has 1 amide bonds. The van der Waals surface area contributed by atoms with Gasteiger partial charge in [0.15, 0.2) is 5.11 Å². The van der Waals surface area contributed by atoms with Gasteiger partial charge in [-0.3, -0.25) is 9.69 Å². The van der Waals surface area contributed by atoms with Crippen LogP contribution in [-0.2, 0) is 11.4 Å². The van der Waals surface area contributed by atoms with Gasteiger partial charge in [0.25, 0.3) is 5.91 Å². The average Bonchev–Trinajstić information content (AvgIpc) is 2.90. The van der Waals surface area contributed by atoms with E-state index >= 15 is 0 Å². The number of amides is 1. The molecule has 0 saturated carbocycles. The lowest BCUT2D eigenvalue weighted by Crippen LogP contribution is -2.31. The van der Waals surface area contributed by atoms with Gasteiger partial charge in [0.05, 0.1) is 0 Å². The number of ether oxygens (including phenoxy) is 1. The van der Waals surface area contributed by atoms with Gasteiger partial charge in [0.1, 0.15) is 23.9 Å². The van der Waals surface area contributed by atoms with Crippen LogP contribution in [0.4, 0.5) is 4.39 Å². The molecule has 0 aromatic heterocycles. The molecule has 1 N–H and O–H groups in total. The fraction of sp³-hybridized carbons (Fsp3) is 0.200. The summed E-state index contributed by atoms with van der Waals surface area (Å²) in [5.41, 5.74) is 2.24. The van der Waals surface area contributed by atoms with E-state index in [1.54, 1.807) is 23.1 Å². The summed E-state index contributed by atoms with van der Waals surface area (Å²) < 4.78 is 18.6. The zero-order chi connectivity index (χ0) is 18.5. The van der Waals surface area contributed by atoms with Crippen LogP contribution in [0, 0.1) is 5.82 Å². The summed E-state index contributed by atoms with van der Waals surface area (Å²) in [6.07, 6.45) is 2.62. The number of rotatable bonds is 6. The van der Waals surface area contributed by atoms with Crippen molar-refractivity contribution < 1.29 is 13.9 Å². The van der Waals surface area contributed by atoms with Crippen molar-refractivity contribution >= 4 is 29.3 Å². The molecule has 0 bridgehead atoms. The van der Waals surface area contributed by atoms with Crippen molar-refractivity contribution in [2.24, 2.45) is 0 Å². The molecule has 2 aromatic rings. The number of thiocarbonyl (C=S) groups is 1. The molecule has 0 atom stereocenters. The molecule has 26 heavy (non-hydrogen) atoms. The minimum absolute atomic E-state index is 0.103. The van der Waals surface area contributed by atoms with Crippen molar-refractivity contribution in [2.75, 3.05) is 6.54 Å². The third-order valence-corrected chi connectivity index (χ3v) is 4.24. The summed E-state index contributed by atoms with van der Waals surface area (Å²) in [5.74, 6) is 0.331. The Morgan fingerprint density at radius 3 is 2.50 bits per heavy atom. The number of halogens is 1. The molecule has 2 aromatic carbocycles. The van der Waals surface area contributed by atoms with E-state index in [1.165, 1.54) is 12.1 Å². The van der Waals surface area contributed by atoms with E-state index in [1.807, 2.05) is 31.2 Å². The fourth-order valence-electron chi connectivity index (χ4n) is 2.57. The first-order valence-corrected chi connectivity index (χ1v) is 8.79. The number of carbonyl (C=O) groups excluding carboxylic acids is 1. The lowest BCUT2D eigenvalue weighted by Gasteiger charge is -2.11. The van der Waals surface area contributed by atoms with Crippen LogP contribution in [0.15, 0.2) is 54.2 Å². The highest BCUT2D eigenvalue weighted by atomic mass is 32.1. The number of nitrogens with one attached hydrogen (secondary N) is 1. The van der Waals surface area contributed by atoms with Gasteiger partial charge in [-0.1, -0.05) is 31.2 Å². The molecule has 0 radical (unpaired) electrons. The molecule has 1 saturated heterocycles. The smallest absolute Gasteiger partial charge is 0.276 e. The molecular weight excluding hydrogens is 351 g/mol. The van der Waals surface area contributed by atoms with E-state index in [0.29, 0.717) is 29.7 Å². The summed E-state index contributed by atoms with van der Waals surface area (Å²) in [6.45, 7) is 2.97. The van der Waals surface area contributed by atoms with E-state index in [-0.39, 0.29) is 11.7 Å². The first kappa shape index (κ1) is 18.1. The third kappa shape index (κ3) is 4.26. The van der Waals surface area contributed by atoms with Gasteiger partial charge < -0.3 is 10.1 Å². The largest absolute Gasteiger partial charge is 0.489 e. The summed E-state index contributed by atoms with van der Waals surface area (Å²) in [6, 6.07) is 13.6. The van der Waals surface area contributed by atoms with Crippen LogP contribution in [0.3, 0.4) is 0 Å². The van der Waals surface area contributed by atoms with Crippen molar-refractivity contribution in [3.8, 4) is 5.75 Å². The molecule has 3 rings (SSSR count). The lowest BCUT2D eigenvalue weighted by molar-refractivity contribution is -0.122. The molecule has 1 fully saturated rings. The van der Waals surface area contributed by atoms with Crippen LogP contribution in [0.25, 0.3) is 6.08 Å². The van der Waals surface area contributed by atoms with E-state index < -0.39 is 0 Å². The molecule has 1 aliphatic rings. The Bertz CT molecular complexity index is 832. The minimum Gasteiger partial charge on any atom is -0.489 e. The Hall–Kier alpha value is -2.73. The van der Waals surface area contributed by atoms with Gasteiger partial charge in [-0.15, -0.1) is 0 Å². The average molecular weight is 370 g/mol. The van der Waals surface area contributed by atoms with Crippen molar-refractivity contribution in [2.45, 2.75) is 20.0 Å². The van der Waals surface area contributed by atoms with E-state index in [2.05, 4.69) is 5.32 Å². The second kappa shape index (κ2) is 8.10. The molecule has 6 heteroatoms. The van der Waals surface area contributed by atoms with Gasteiger partial charge in [-0.25, -0.2) is 4.39 Å². The Balaban J connectivity index is 1.63. The monoisotopic (exact) mass is 370 g/mol. The van der Waals surface area contributed by atoms with E-state index in [0.717, 1.165) is 17.5 Å². The molecule has 0 unspecified atom stereocenters. The van der Waals surface area contributed by atoms with Crippen LogP contribution >= 0.6 is 12.2 Å². The molecule has 0 aliphatic carbocycles. The zero-order valence-corrected chi connectivity index (χ0v) is 15.2. The normalized spacial score (nSPS) is 15.5. The fourth-order valence-corrected chi connectivity index (χ4v) is 2.86. The first-order valence-electron chi connectivity index (χ1n) is 8.38. The maximum atomic E-state index is 12.9. The predicted molar refractivity (Wildman–Crippen MR) is 103 cm³/mol. The third-order valence-electron chi connectivity index (χ3n) is 3.92. The molecule has 4 nitrogen and oxygen atoms in total. The summed E-state index contributed by atoms with van der Waals surface area (Å²) in [5, 5.41) is 3.41. The second-order valence-electron chi connectivity index (χ2n) is 5.93. The number of nitrogens with zero attached hydrogens (tertiary/aromatic N) is 1. The number of carbonyl (C=O) groups is 1. The topological polar surface area (TPSA) is 41.6 Å². The van der Waals surface area contributed by atoms with Gasteiger partial charge in [-0.05, 0) is 60.1 Å². The van der Waals surface area contributed by atoms with Gasteiger partial charge in [-0.2, -0.15) is 0 Å². The molecular formula is C20H19FN2O2S. The van der Waals surface area contributed by atoms with Crippen LogP contribution in [0.5, 0.6) is 5.75 Å². The maximum absolute atomic E-state index is 12.9. The lowest BCUT2D eigenvalue weighted by atomic mass is 10.2. The van der Waals surface area contributed by atoms with E-state index in [4.69, 9.17) is 17.0 Å². The van der Waals surface area contributed by atoms with Gasteiger partial charge in [0, 0.05) is 6.54 Å². The highest BCUT2D eigenvalue weighted by molar-refractivity contribution is 7.80. The highest BCUT2D eigenvalue weighted by Gasteiger charge is 2.29. The number of hydrogen-bond donors (Lipinski definition) is 1. The van der Waals surface area contributed by atoms with Gasteiger partial charge in [0.2, 0.25) is 0 Å². The number of hydrogen-bond acceptors (Lipinski definition) is 3. The zero-order valence-electron chi connectivity index (χ0n) is 14.4. The van der Waals surface area contributed by atoms with Crippen LogP contribution < -0.4 is 10.1 Å². The van der Waals surface area contributed by atoms with Gasteiger partial charge >= 0.3 is 0 Å². The predicted octanol–water partition coefficient (Wildman–Crippen LogP) is 3.87. The van der Waals surface area contributed by atoms with Crippen LogP contribution in [0.1, 0.15) is 24.5 Å². The standard InChI is InChI=1S/C20H19FN2O2S/c1-2-11-23-19(24)18(22-20(23)26)12-14-5-9-17(10-6-14)25-13-15-3-7-16(21)8-4-15/h3-10,12H,2,11,13H2,1H3,(H,22,26)/b18-12-. The Kier molecular flexibility index (Phi) is 5.63. The SMILES string of the molecule is CCCN1C(=O)/C(=C/c2ccc(OCc3ccc(F)cc3)cc2)NC1=S. The molecule has 134 valence electrons. The number of benzene rings is 2. The second-order valence-corrected chi connectivity index (χ2v) is 6.32. The summed E-state index contributed by atoms with van der Waals surface area (Å²) in [4.78, 5) is 13.9.